The zero-order chi connectivity index (χ0) is 14.7. The number of carbonyl (C=O) groups is 1. The van der Waals surface area contributed by atoms with E-state index in [9.17, 15) is 9.90 Å². The van der Waals surface area contributed by atoms with Gasteiger partial charge in [0.2, 0.25) is 0 Å². The number of aryl methyl sites for hydroxylation is 1. The number of hydrogen-bond donors (Lipinski definition) is 1. The van der Waals surface area contributed by atoms with Crippen molar-refractivity contribution in [2.45, 2.75) is 51.9 Å². The van der Waals surface area contributed by atoms with Gasteiger partial charge in [-0.1, -0.05) is 0 Å². The Kier molecular flexibility index (Phi) is 5.12. The minimum absolute atomic E-state index is 0.0468. The Hall–Kier alpha value is -0.980. The summed E-state index contributed by atoms with van der Waals surface area (Å²) in [5.74, 6) is 0.0468. The molecule has 1 aliphatic heterocycles. The largest absolute Gasteiger partial charge is 0.393 e. The van der Waals surface area contributed by atoms with E-state index in [1.807, 2.05) is 11.8 Å². The number of nitrogens with zero attached hydrogens (tertiary/aromatic N) is 2. The molecule has 1 fully saturated rings. The summed E-state index contributed by atoms with van der Waals surface area (Å²) in [5.41, 5.74) is 0.773. The minimum atomic E-state index is -0.375. The molecule has 0 saturated carbocycles. The molecule has 1 aliphatic rings. The van der Waals surface area contributed by atoms with Gasteiger partial charge in [0.15, 0.2) is 0 Å². The standard InChI is InChI=1S/C14H22N2O3S/c1-9(17)7-11-5-4-6-16(11)14(18)13-10(2)15-12(20-13)8-19-3/h9,11,17H,4-8H2,1-3H3. The molecule has 112 valence electrons. The zero-order valence-electron chi connectivity index (χ0n) is 12.3. The van der Waals surface area contributed by atoms with Gasteiger partial charge in [-0.15, -0.1) is 11.3 Å². The zero-order valence-corrected chi connectivity index (χ0v) is 13.1. The maximum absolute atomic E-state index is 12.7. The average Bonchev–Trinajstić information content (AvgIpc) is 2.95. The van der Waals surface area contributed by atoms with Crippen molar-refractivity contribution in [3.8, 4) is 0 Å². The van der Waals surface area contributed by atoms with Crippen LogP contribution in [0, 0.1) is 6.92 Å². The molecule has 5 nitrogen and oxygen atoms in total. The molecule has 2 heterocycles. The Labute approximate surface area is 123 Å². The highest BCUT2D eigenvalue weighted by atomic mass is 32.1. The first kappa shape index (κ1) is 15.4. The van der Waals surface area contributed by atoms with Crippen LogP contribution in [0.3, 0.4) is 0 Å². The lowest BCUT2D eigenvalue weighted by atomic mass is 10.1. The highest BCUT2D eigenvalue weighted by Crippen LogP contribution is 2.27. The molecule has 1 aromatic rings. The lowest BCUT2D eigenvalue weighted by Crippen LogP contribution is -2.37. The molecule has 20 heavy (non-hydrogen) atoms. The molecule has 6 heteroatoms. The van der Waals surface area contributed by atoms with Crippen LogP contribution in [0.1, 0.15) is 46.6 Å². The Bertz CT molecular complexity index is 473. The monoisotopic (exact) mass is 298 g/mol. The number of likely N-dealkylation sites (tertiary alicyclic amines) is 1. The number of amides is 1. The van der Waals surface area contributed by atoms with Crippen molar-refractivity contribution in [1.29, 1.82) is 0 Å². The summed E-state index contributed by atoms with van der Waals surface area (Å²) in [5, 5.41) is 10.4. The molecule has 0 bridgehead atoms. The van der Waals surface area contributed by atoms with Crippen LogP contribution < -0.4 is 0 Å². The van der Waals surface area contributed by atoms with Crippen molar-refractivity contribution in [3.63, 3.8) is 0 Å². The fourth-order valence-electron chi connectivity index (χ4n) is 2.71. The van der Waals surface area contributed by atoms with Gasteiger partial charge in [0.25, 0.3) is 5.91 Å². The average molecular weight is 298 g/mol. The first-order valence-electron chi connectivity index (χ1n) is 6.97. The van der Waals surface area contributed by atoms with E-state index in [-0.39, 0.29) is 18.1 Å². The first-order valence-corrected chi connectivity index (χ1v) is 7.78. The van der Waals surface area contributed by atoms with E-state index in [2.05, 4.69) is 4.98 Å². The number of carbonyl (C=O) groups excluding carboxylic acids is 1. The fourth-order valence-corrected chi connectivity index (χ4v) is 3.70. The molecule has 0 aromatic carbocycles. The smallest absolute Gasteiger partial charge is 0.266 e. The number of aliphatic hydroxyl groups excluding tert-OH is 1. The third kappa shape index (κ3) is 3.37. The summed E-state index contributed by atoms with van der Waals surface area (Å²) in [4.78, 5) is 19.6. The van der Waals surface area contributed by atoms with Crippen LogP contribution in [0.4, 0.5) is 0 Å². The lowest BCUT2D eigenvalue weighted by molar-refractivity contribution is 0.0686. The Morgan fingerprint density at radius 2 is 2.40 bits per heavy atom. The van der Waals surface area contributed by atoms with Crippen LogP contribution in [0.5, 0.6) is 0 Å². The number of aliphatic hydroxyl groups is 1. The number of thiazole rings is 1. The Morgan fingerprint density at radius 1 is 1.65 bits per heavy atom. The quantitative estimate of drug-likeness (QED) is 0.903. The van der Waals surface area contributed by atoms with Gasteiger partial charge in [-0.05, 0) is 33.1 Å². The molecule has 2 rings (SSSR count). The fraction of sp³-hybridized carbons (Fsp3) is 0.714. The molecular weight excluding hydrogens is 276 g/mol. The van der Waals surface area contributed by atoms with Gasteiger partial charge in [0, 0.05) is 19.7 Å². The molecule has 2 unspecified atom stereocenters. The van der Waals surface area contributed by atoms with Gasteiger partial charge in [-0.25, -0.2) is 4.98 Å². The summed E-state index contributed by atoms with van der Waals surface area (Å²) < 4.78 is 5.07. The summed E-state index contributed by atoms with van der Waals surface area (Å²) in [6.45, 7) is 4.85. The van der Waals surface area contributed by atoms with Crippen molar-refractivity contribution >= 4 is 17.2 Å². The predicted molar refractivity (Wildman–Crippen MR) is 77.9 cm³/mol. The van der Waals surface area contributed by atoms with Gasteiger partial charge in [-0.2, -0.15) is 0 Å². The number of rotatable bonds is 5. The van der Waals surface area contributed by atoms with Crippen LogP contribution in [0.25, 0.3) is 0 Å². The summed E-state index contributed by atoms with van der Waals surface area (Å²) in [6, 6.07) is 0.148. The molecule has 1 aromatic heterocycles. The molecule has 0 radical (unpaired) electrons. The van der Waals surface area contributed by atoms with Crippen LogP contribution in [-0.2, 0) is 11.3 Å². The van der Waals surface area contributed by atoms with E-state index in [1.54, 1.807) is 14.0 Å². The molecule has 2 atom stereocenters. The molecule has 0 aliphatic carbocycles. The van der Waals surface area contributed by atoms with Crippen molar-refractivity contribution in [1.82, 2.24) is 9.88 Å². The van der Waals surface area contributed by atoms with Gasteiger partial charge >= 0.3 is 0 Å². The predicted octanol–water partition coefficient (Wildman–Crippen LogP) is 1.97. The Morgan fingerprint density at radius 3 is 3.05 bits per heavy atom. The van der Waals surface area contributed by atoms with Gasteiger partial charge < -0.3 is 14.7 Å². The third-order valence-electron chi connectivity index (χ3n) is 3.55. The molecule has 1 saturated heterocycles. The highest BCUT2D eigenvalue weighted by Gasteiger charge is 2.32. The Balaban J connectivity index is 2.13. The lowest BCUT2D eigenvalue weighted by Gasteiger charge is -2.25. The first-order chi connectivity index (χ1) is 9.52. The van der Waals surface area contributed by atoms with Gasteiger partial charge in [-0.3, -0.25) is 4.79 Å². The van der Waals surface area contributed by atoms with Crippen molar-refractivity contribution in [3.05, 3.63) is 15.6 Å². The van der Waals surface area contributed by atoms with E-state index in [4.69, 9.17) is 4.74 Å². The van der Waals surface area contributed by atoms with Gasteiger partial charge in [0.1, 0.15) is 9.88 Å². The molecular formula is C14H22N2O3S. The maximum atomic E-state index is 12.7. The number of hydrogen-bond acceptors (Lipinski definition) is 5. The third-order valence-corrected chi connectivity index (χ3v) is 4.67. The minimum Gasteiger partial charge on any atom is -0.393 e. The SMILES string of the molecule is COCc1nc(C)c(C(=O)N2CCCC2CC(C)O)s1. The van der Waals surface area contributed by atoms with Crippen LogP contribution in [0.15, 0.2) is 0 Å². The topological polar surface area (TPSA) is 62.7 Å². The van der Waals surface area contributed by atoms with E-state index in [1.165, 1.54) is 11.3 Å². The molecule has 1 amide bonds. The second-order valence-corrected chi connectivity index (χ2v) is 6.42. The van der Waals surface area contributed by atoms with Crippen LogP contribution >= 0.6 is 11.3 Å². The summed E-state index contributed by atoms with van der Waals surface area (Å²) >= 11 is 1.41. The molecule has 0 spiro atoms. The van der Waals surface area contributed by atoms with Gasteiger partial charge in [0.05, 0.1) is 18.4 Å². The van der Waals surface area contributed by atoms with E-state index in [0.29, 0.717) is 17.9 Å². The normalized spacial score (nSPS) is 20.4. The second kappa shape index (κ2) is 6.65. The maximum Gasteiger partial charge on any atom is 0.266 e. The van der Waals surface area contributed by atoms with Crippen LogP contribution in [-0.4, -0.2) is 46.7 Å². The number of ether oxygens (including phenoxy) is 1. The second-order valence-electron chi connectivity index (χ2n) is 5.33. The van der Waals surface area contributed by atoms with E-state index >= 15 is 0 Å². The van der Waals surface area contributed by atoms with E-state index in [0.717, 1.165) is 30.1 Å². The van der Waals surface area contributed by atoms with E-state index < -0.39 is 0 Å². The number of aromatic nitrogens is 1. The highest BCUT2D eigenvalue weighted by molar-refractivity contribution is 7.13. The van der Waals surface area contributed by atoms with Crippen molar-refractivity contribution < 1.29 is 14.6 Å². The summed E-state index contributed by atoms with van der Waals surface area (Å²) in [7, 11) is 1.62. The van der Waals surface area contributed by atoms with Crippen molar-refractivity contribution in [2.75, 3.05) is 13.7 Å². The van der Waals surface area contributed by atoms with Crippen molar-refractivity contribution in [2.24, 2.45) is 0 Å². The van der Waals surface area contributed by atoms with Crippen LogP contribution in [0.2, 0.25) is 0 Å². The summed E-state index contributed by atoms with van der Waals surface area (Å²) in [6.07, 6.45) is 2.25. The number of methoxy groups -OCH3 is 1. The molecule has 1 N–H and O–H groups in total.